The molecule has 1 atom stereocenters. The van der Waals surface area contributed by atoms with Gasteiger partial charge in [-0.2, -0.15) is 0 Å². The second-order valence-electron chi connectivity index (χ2n) is 11.7. The SMILES string of the molecule is CCOC(=O)c1ccc(C(=NOC)c2ccc3c(c2)C(C)(C)CCN3CCOc2ccc(C[C@H](OCC)C(=O)OCC)cc2)cc1. The van der Waals surface area contributed by atoms with E-state index in [9.17, 15) is 9.59 Å². The van der Waals surface area contributed by atoms with Gasteiger partial charge in [-0.05, 0) is 80.1 Å². The molecule has 3 aromatic carbocycles. The van der Waals surface area contributed by atoms with Crippen molar-refractivity contribution in [1.82, 2.24) is 0 Å². The maximum atomic E-state index is 12.2. The third kappa shape index (κ3) is 8.66. The third-order valence-corrected chi connectivity index (χ3v) is 8.09. The number of carbonyl (C=O) groups is 2. The van der Waals surface area contributed by atoms with Gasteiger partial charge in [0, 0.05) is 36.4 Å². The molecule has 0 unspecified atom stereocenters. The van der Waals surface area contributed by atoms with Crippen molar-refractivity contribution in [3.05, 3.63) is 94.5 Å². The molecule has 0 saturated carbocycles. The summed E-state index contributed by atoms with van der Waals surface area (Å²) in [7, 11) is 1.53. The third-order valence-electron chi connectivity index (χ3n) is 8.09. The highest BCUT2D eigenvalue weighted by atomic mass is 16.6. The molecule has 46 heavy (non-hydrogen) atoms. The maximum absolute atomic E-state index is 12.2. The van der Waals surface area contributed by atoms with Gasteiger partial charge in [-0.3, -0.25) is 0 Å². The molecule has 0 saturated heterocycles. The summed E-state index contributed by atoms with van der Waals surface area (Å²) >= 11 is 0. The fourth-order valence-electron chi connectivity index (χ4n) is 5.60. The highest BCUT2D eigenvalue weighted by Crippen LogP contribution is 2.40. The average Bonchev–Trinajstić information content (AvgIpc) is 3.05. The monoisotopic (exact) mass is 630 g/mol. The van der Waals surface area contributed by atoms with Crippen molar-refractivity contribution in [2.45, 2.75) is 59.0 Å². The molecule has 0 fully saturated rings. The molecule has 246 valence electrons. The van der Waals surface area contributed by atoms with Crippen LogP contribution in [0, 0.1) is 0 Å². The normalized spacial score (nSPS) is 14.7. The van der Waals surface area contributed by atoms with Crippen LogP contribution in [0.2, 0.25) is 0 Å². The van der Waals surface area contributed by atoms with E-state index in [4.69, 9.17) is 23.8 Å². The van der Waals surface area contributed by atoms with Gasteiger partial charge >= 0.3 is 11.9 Å². The van der Waals surface area contributed by atoms with Crippen LogP contribution in [0.5, 0.6) is 5.75 Å². The molecular weight excluding hydrogens is 584 g/mol. The fraction of sp³-hybridized carbons (Fsp3) is 0.432. The van der Waals surface area contributed by atoms with E-state index in [0.717, 1.165) is 42.0 Å². The lowest BCUT2D eigenvalue weighted by Gasteiger charge is -2.40. The van der Waals surface area contributed by atoms with Gasteiger partial charge in [-0.25, -0.2) is 9.59 Å². The first kappa shape index (κ1) is 34.5. The molecule has 0 N–H and O–H groups in total. The van der Waals surface area contributed by atoms with Crippen molar-refractivity contribution in [3.8, 4) is 5.75 Å². The molecule has 0 bridgehead atoms. The van der Waals surface area contributed by atoms with Gasteiger partial charge in [-0.1, -0.05) is 49.3 Å². The van der Waals surface area contributed by atoms with Crippen LogP contribution in [-0.2, 0) is 35.7 Å². The standard InChI is InChI=1S/C37H46N2O7/c1-7-43-33(36(41)45-9-3)24-26-10-17-30(18-11-26)46-23-22-39-21-20-37(4,5)31-25-29(16-19-32(31)39)34(38-42-6)27-12-14-28(15-13-27)35(40)44-8-2/h10-19,25,33H,7-9,20-24H2,1-6H3/t33-/m0/s1. The quantitative estimate of drug-likeness (QED) is 0.109. The Hall–Kier alpha value is -4.37. The molecule has 1 heterocycles. The lowest BCUT2D eigenvalue weighted by atomic mass is 9.76. The van der Waals surface area contributed by atoms with E-state index >= 15 is 0 Å². The number of fused-ring (bicyclic) bond motifs is 1. The van der Waals surface area contributed by atoms with Crippen molar-refractivity contribution in [1.29, 1.82) is 0 Å². The molecule has 4 rings (SSSR count). The molecule has 0 radical (unpaired) electrons. The largest absolute Gasteiger partial charge is 0.492 e. The van der Waals surface area contributed by atoms with Gasteiger partial charge in [-0.15, -0.1) is 0 Å². The van der Waals surface area contributed by atoms with E-state index in [1.807, 2.05) is 43.3 Å². The van der Waals surface area contributed by atoms with Crippen LogP contribution in [0.15, 0.2) is 71.9 Å². The number of esters is 2. The number of hydrogen-bond acceptors (Lipinski definition) is 9. The highest BCUT2D eigenvalue weighted by Gasteiger charge is 2.32. The Morgan fingerprint density at radius 3 is 2.20 bits per heavy atom. The van der Waals surface area contributed by atoms with Gasteiger partial charge in [0.1, 0.15) is 25.2 Å². The highest BCUT2D eigenvalue weighted by molar-refractivity contribution is 6.13. The topological polar surface area (TPSA) is 95.9 Å². The summed E-state index contributed by atoms with van der Waals surface area (Å²) in [6.45, 7) is 13.2. The minimum absolute atomic E-state index is 0.0343. The van der Waals surface area contributed by atoms with Crippen LogP contribution in [0.1, 0.15) is 73.7 Å². The van der Waals surface area contributed by atoms with E-state index < -0.39 is 6.10 Å². The second-order valence-corrected chi connectivity index (χ2v) is 11.7. The molecular formula is C37H46N2O7. The Kier molecular flexibility index (Phi) is 12.2. The number of oxime groups is 1. The zero-order valence-corrected chi connectivity index (χ0v) is 27.8. The summed E-state index contributed by atoms with van der Waals surface area (Å²) in [5.74, 6) is 0.0846. The lowest BCUT2D eigenvalue weighted by molar-refractivity contribution is -0.156. The van der Waals surface area contributed by atoms with Crippen LogP contribution in [0.4, 0.5) is 5.69 Å². The van der Waals surface area contributed by atoms with Gasteiger partial charge in [0.05, 0.1) is 25.3 Å². The summed E-state index contributed by atoms with van der Waals surface area (Å²) in [5, 5.41) is 4.36. The van der Waals surface area contributed by atoms with Crippen molar-refractivity contribution in [2.75, 3.05) is 51.5 Å². The molecule has 0 aromatic heterocycles. The zero-order valence-electron chi connectivity index (χ0n) is 27.8. The first-order valence-corrected chi connectivity index (χ1v) is 16.0. The summed E-state index contributed by atoms with van der Waals surface area (Å²) in [6, 6.07) is 21.4. The van der Waals surface area contributed by atoms with E-state index in [0.29, 0.717) is 44.1 Å². The molecule has 3 aromatic rings. The van der Waals surface area contributed by atoms with E-state index in [1.165, 1.54) is 18.4 Å². The molecule has 1 aliphatic heterocycles. The minimum Gasteiger partial charge on any atom is -0.492 e. The van der Waals surface area contributed by atoms with E-state index in [2.05, 4.69) is 42.1 Å². The molecule has 0 amide bonds. The predicted molar refractivity (Wildman–Crippen MR) is 179 cm³/mol. The van der Waals surface area contributed by atoms with E-state index in [-0.39, 0.29) is 17.4 Å². The summed E-state index contributed by atoms with van der Waals surface area (Å²) in [4.78, 5) is 32.0. The van der Waals surface area contributed by atoms with Gasteiger partial charge in [0.2, 0.25) is 0 Å². The van der Waals surface area contributed by atoms with E-state index in [1.54, 1.807) is 26.0 Å². The number of benzene rings is 3. The minimum atomic E-state index is -0.616. The van der Waals surface area contributed by atoms with Crippen LogP contribution in [-0.4, -0.2) is 70.4 Å². The Morgan fingerprint density at radius 2 is 1.54 bits per heavy atom. The Labute approximate surface area is 272 Å². The van der Waals surface area contributed by atoms with Crippen molar-refractivity contribution in [2.24, 2.45) is 5.16 Å². The zero-order chi connectivity index (χ0) is 33.1. The molecule has 0 spiro atoms. The smallest absolute Gasteiger partial charge is 0.338 e. The first-order valence-electron chi connectivity index (χ1n) is 16.0. The number of ether oxygens (including phenoxy) is 4. The Bertz CT molecular complexity index is 1480. The lowest BCUT2D eigenvalue weighted by Crippen LogP contribution is -2.39. The first-order chi connectivity index (χ1) is 22.2. The fourth-order valence-corrected chi connectivity index (χ4v) is 5.60. The van der Waals surface area contributed by atoms with Crippen LogP contribution < -0.4 is 9.64 Å². The number of rotatable bonds is 15. The number of anilines is 1. The average molecular weight is 631 g/mol. The number of nitrogens with zero attached hydrogens (tertiary/aromatic N) is 2. The van der Waals surface area contributed by atoms with Gasteiger partial charge in [0.25, 0.3) is 0 Å². The Morgan fingerprint density at radius 1 is 0.870 bits per heavy atom. The number of hydrogen-bond donors (Lipinski definition) is 0. The number of carbonyl (C=O) groups excluding carboxylic acids is 2. The summed E-state index contributed by atoms with van der Waals surface area (Å²) in [6.07, 6.45) is 0.824. The Balaban J connectivity index is 1.44. The van der Waals surface area contributed by atoms with Gasteiger partial charge in [0.15, 0.2) is 6.10 Å². The van der Waals surface area contributed by atoms with Crippen LogP contribution in [0.25, 0.3) is 0 Å². The maximum Gasteiger partial charge on any atom is 0.338 e. The molecule has 0 aliphatic carbocycles. The van der Waals surface area contributed by atoms with Crippen molar-refractivity contribution >= 4 is 23.3 Å². The summed E-state index contributed by atoms with van der Waals surface area (Å²) < 4.78 is 22.0. The van der Waals surface area contributed by atoms with Gasteiger partial charge < -0.3 is 28.7 Å². The van der Waals surface area contributed by atoms with Crippen molar-refractivity contribution in [3.63, 3.8) is 0 Å². The van der Waals surface area contributed by atoms with Crippen LogP contribution in [0.3, 0.4) is 0 Å². The summed E-state index contributed by atoms with van der Waals surface area (Å²) in [5.41, 5.74) is 6.31. The van der Waals surface area contributed by atoms with Crippen molar-refractivity contribution < 1.29 is 33.4 Å². The molecule has 1 aliphatic rings. The molecule has 9 nitrogen and oxygen atoms in total. The van der Waals surface area contributed by atoms with Crippen LogP contribution >= 0.6 is 0 Å². The predicted octanol–water partition coefficient (Wildman–Crippen LogP) is 6.34. The second kappa shape index (κ2) is 16.3. The molecule has 9 heteroatoms.